The molecule has 3 aromatic rings. The van der Waals surface area contributed by atoms with Crippen molar-refractivity contribution in [1.29, 1.82) is 0 Å². The van der Waals surface area contributed by atoms with Crippen molar-refractivity contribution in [2.24, 2.45) is 5.92 Å². The van der Waals surface area contributed by atoms with Gasteiger partial charge in [-0.1, -0.05) is 48.5 Å². The van der Waals surface area contributed by atoms with E-state index in [4.69, 9.17) is 4.42 Å². The third-order valence-corrected chi connectivity index (χ3v) is 6.21. The van der Waals surface area contributed by atoms with Gasteiger partial charge in [-0.05, 0) is 49.3 Å². The van der Waals surface area contributed by atoms with E-state index >= 15 is 0 Å². The fourth-order valence-electron chi connectivity index (χ4n) is 4.93. The number of amides is 1. The number of halogens is 1. The molecular formula is C24H27ClN2O2. The van der Waals surface area contributed by atoms with E-state index in [0.717, 1.165) is 35.1 Å². The smallest absolute Gasteiger partial charge is 0.221 e. The van der Waals surface area contributed by atoms with Crippen LogP contribution in [0.2, 0.25) is 0 Å². The number of fused-ring (bicyclic) bond motifs is 3. The number of nitrogens with one attached hydrogen (secondary N) is 2. The minimum atomic E-state index is -0.264. The molecule has 3 unspecified atom stereocenters. The standard InChI is InChI=1S/C24H26N2O2.ClH/c27-23(14-16-12-19-10-11-20(13-16)25-19)26-24(17-6-2-1-3-7-17)22-15-18-8-4-5-9-21(18)28-22;/h1-9,15-16,19-20,24-25H,10-14H2,(H,26,27);1H. The summed E-state index contributed by atoms with van der Waals surface area (Å²) in [7, 11) is 0. The van der Waals surface area contributed by atoms with Gasteiger partial charge in [-0.3, -0.25) is 4.79 Å². The summed E-state index contributed by atoms with van der Waals surface area (Å²) in [6, 6.07) is 21.1. The van der Waals surface area contributed by atoms with Gasteiger partial charge in [-0.2, -0.15) is 0 Å². The Hall–Kier alpha value is -2.30. The van der Waals surface area contributed by atoms with Gasteiger partial charge in [0, 0.05) is 23.9 Å². The van der Waals surface area contributed by atoms with Gasteiger partial charge >= 0.3 is 0 Å². The second-order valence-corrected chi connectivity index (χ2v) is 8.28. The molecule has 29 heavy (non-hydrogen) atoms. The van der Waals surface area contributed by atoms with Crippen LogP contribution in [-0.4, -0.2) is 18.0 Å². The summed E-state index contributed by atoms with van der Waals surface area (Å²) in [5, 5.41) is 7.97. The number of piperidine rings is 1. The molecule has 4 nitrogen and oxygen atoms in total. The van der Waals surface area contributed by atoms with Crippen LogP contribution in [-0.2, 0) is 4.79 Å². The molecule has 2 aromatic carbocycles. The molecule has 0 spiro atoms. The van der Waals surface area contributed by atoms with E-state index in [1.165, 1.54) is 12.8 Å². The Morgan fingerprint density at radius 3 is 2.45 bits per heavy atom. The van der Waals surface area contributed by atoms with Crippen LogP contribution in [0.3, 0.4) is 0 Å². The molecule has 2 saturated heterocycles. The van der Waals surface area contributed by atoms with Gasteiger partial charge in [0.05, 0.1) is 0 Å². The van der Waals surface area contributed by atoms with Gasteiger partial charge in [0.2, 0.25) is 5.91 Å². The maximum atomic E-state index is 12.9. The second-order valence-electron chi connectivity index (χ2n) is 8.28. The molecule has 1 aromatic heterocycles. The molecule has 0 radical (unpaired) electrons. The Morgan fingerprint density at radius 2 is 1.72 bits per heavy atom. The summed E-state index contributed by atoms with van der Waals surface area (Å²) in [6.07, 6.45) is 5.34. The average molecular weight is 411 g/mol. The molecule has 0 aliphatic carbocycles. The van der Waals surface area contributed by atoms with Crippen molar-refractivity contribution >= 4 is 29.3 Å². The zero-order chi connectivity index (χ0) is 18.9. The lowest BCUT2D eigenvalue weighted by Crippen LogP contribution is -2.40. The highest BCUT2D eigenvalue weighted by molar-refractivity contribution is 5.85. The predicted molar refractivity (Wildman–Crippen MR) is 117 cm³/mol. The third-order valence-electron chi connectivity index (χ3n) is 6.21. The molecule has 3 atom stereocenters. The van der Waals surface area contributed by atoms with Crippen LogP contribution >= 0.6 is 12.4 Å². The van der Waals surface area contributed by atoms with Crippen molar-refractivity contribution in [3.05, 3.63) is 72.0 Å². The molecule has 3 heterocycles. The first-order valence-electron chi connectivity index (χ1n) is 10.3. The molecule has 0 saturated carbocycles. The lowest BCUT2D eigenvalue weighted by Gasteiger charge is -2.29. The monoisotopic (exact) mass is 410 g/mol. The Bertz CT molecular complexity index is 926. The Balaban J connectivity index is 0.00000205. The first-order valence-corrected chi connectivity index (χ1v) is 10.3. The molecule has 2 aliphatic heterocycles. The van der Waals surface area contributed by atoms with Gasteiger partial charge in [-0.25, -0.2) is 0 Å². The van der Waals surface area contributed by atoms with Crippen LogP contribution in [0.4, 0.5) is 0 Å². The minimum absolute atomic E-state index is 0. The largest absolute Gasteiger partial charge is 0.459 e. The van der Waals surface area contributed by atoms with Crippen LogP contribution < -0.4 is 10.6 Å². The normalized spacial score (nSPS) is 24.1. The first kappa shape index (κ1) is 20.0. The number of carbonyl (C=O) groups excluding carboxylic acids is 1. The van der Waals surface area contributed by atoms with Gasteiger partial charge in [0.15, 0.2) is 0 Å². The second kappa shape index (κ2) is 8.60. The van der Waals surface area contributed by atoms with E-state index in [1.807, 2.05) is 60.7 Å². The minimum Gasteiger partial charge on any atom is -0.459 e. The van der Waals surface area contributed by atoms with Crippen LogP contribution in [0.5, 0.6) is 0 Å². The van der Waals surface area contributed by atoms with Crippen molar-refractivity contribution in [2.75, 3.05) is 0 Å². The lowest BCUT2D eigenvalue weighted by atomic mass is 9.89. The maximum absolute atomic E-state index is 12.9. The maximum Gasteiger partial charge on any atom is 0.221 e. The molecule has 2 N–H and O–H groups in total. The van der Waals surface area contributed by atoms with Gasteiger partial charge in [-0.15, -0.1) is 12.4 Å². The zero-order valence-corrected chi connectivity index (χ0v) is 17.2. The summed E-state index contributed by atoms with van der Waals surface area (Å²) in [5.41, 5.74) is 1.89. The Kier molecular flexibility index (Phi) is 5.93. The van der Waals surface area contributed by atoms with Gasteiger partial charge < -0.3 is 15.1 Å². The average Bonchev–Trinajstić information content (AvgIpc) is 3.29. The molecular weight excluding hydrogens is 384 g/mol. The number of para-hydroxylation sites is 1. The number of rotatable bonds is 5. The van der Waals surface area contributed by atoms with Crippen LogP contribution in [0.15, 0.2) is 65.1 Å². The third kappa shape index (κ3) is 4.34. The molecule has 152 valence electrons. The lowest BCUT2D eigenvalue weighted by molar-refractivity contribution is -0.122. The van der Waals surface area contributed by atoms with Crippen molar-refractivity contribution in [3.8, 4) is 0 Å². The van der Waals surface area contributed by atoms with Crippen molar-refractivity contribution < 1.29 is 9.21 Å². The van der Waals surface area contributed by atoms with Crippen molar-refractivity contribution in [1.82, 2.24) is 10.6 Å². The fourth-order valence-corrected chi connectivity index (χ4v) is 4.93. The number of carbonyl (C=O) groups is 1. The first-order chi connectivity index (χ1) is 13.7. The van der Waals surface area contributed by atoms with E-state index in [-0.39, 0.29) is 24.4 Å². The van der Waals surface area contributed by atoms with Crippen molar-refractivity contribution in [2.45, 2.75) is 50.2 Å². The van der Waals surface area contributed by atoms with Crippen LogP contribution in [0.25, 0.3) is 11.0 Å². The molecule has 2 aliphatic rings. The highest BCUT2D eigenvalue weighted by Gasteiger charge is 2.34. The summed E-state index contributed by atoms with van der Waals surface area (Å²) in [6.45, 7) is 0. The topological polar surface area (TPSA) is 54.3 Å². The number of hydrogen-bond acceptors (Lipinski definition) is 3. The number of hydrogen-bond donors (Lipinski definition) is 2. The van der Waals surface area contributed by atoms with E-state index in [9.17, 15) is 4.79 Å². The predicted octanol–water partition coefficient (Wildman–Crippen LogP) is 4.98. The summed E-state index contributed by atoms with van der Waals surface area (Å²) >= 11 is 0. The van der Waals surface area contributed by atoms with Gasteiger partial charge in [0.25, 0.3) is 0 Å². The number of benzene rings is 2. The molecule has 5 rings (SSSR count). The summed E-state index contributed by atoms with van der Waals surface area (Å²) in [4.78, 5) is 12.9. The Labute approximate surface area is 177 Å². The molecule has 1 amide bonds. The van der Waals surface area contributed by atoms with E-state index in [0.29, 0.717) is 24.4 Å². The Morgan fingerprint density at radius 1 is 1.03 bits per heavy atom. The zero-order valence-electron chi connectivity index (χ0n) is 16.3. The van der Waals surface area contributed by atoms with E-state index in [1.54, 1.807) is 0 Å². The highest BCUT2D eigenvalue weighted by Crippen LogP contribution is 2.33. The molecule has 2 fully saturated rings. The fraction of sp³-hybridized carbons (Fsp3) is 0.375. The van der Waals surface area contributed by atoms with Crippen molar-refractivity contribution in [3.63, 3.8) is 0 Å². The van der Waals surface area contributed by atoms with E-state index < -0.39 is 0 Å². The SMILES string of the molecule is Cl.O=C(CC1CC2CCC(C1)N2)NC(c1ccccc1)c1cc2ccccc2o1. The molecule has 2 bridgehead atoms. The van der Waals surface area contributed by atoms with Crippen LogP contribution in [0, 0.1) is 5.92 Å². The molecule has 5 heteroatoms. The highest BCUT2D eigenvalue weighted by atomic mass is 35.5. The van der Waals surface area contributed by atoms with Gasteiger partial charge in [0.1, 0.15) is 17.4 Å². The number of furan rings is 1. The van der Waals surface area contributed by atoms with E-state index in [2.05, 4.69) is 10.6 Å². The summed E-state index contributed by atoms with van der Waals surface area (Å²) in [5.74, 6) is 1.37. The quantitative estimate of drug-likeness (QED) is 0.623. The van der Waals surface area contributed by atoms with Crippen LogP contribution in [0.1, 0.15) is 49.5 Å². The summed E-state index contributed by atoms with van der Waals surface area (Å²) < 4.78 is 6.09.